The molecule has 2 aromatic rings. The van der Waals surface area contributed by atoms with Crippen LogP contribution in [0, 0.1) is 6.92 Å². The van der Waals surface area contributed by atoms with Gasteiger partial charge in [-0.25, -0.2) is 0 Å². The van der Waals surface area contributed by atoms with Crippen LogP contribution < -0.4 is 0 Å². The highest BCUT2D eigenvalue weighted by Crippen LogP contribution is 2.26. The first-order valence-electron chi connectivity index (χ1n) is 6.61. The molecule has 2 aromatic carbocycles. The molecule has 1 unspecified atom stereocenters. The van der Waals surface area contributed by atoms with Crippen LogP contribution in [0.15, 0.2) is 53.4 Å². The van der Waals surface area contributed by atoms with Crippen molar-refractivity contribution in [2.24, 2.45) is 0 Å². The molecule has 0 aliphatic heterocycles. The zero-order valence-electron chi connectivity index (χ0n) is 12.0. The maximum Gasteiger partial charge on any atom is 0.294 e. The molecule has 0 amide bonds. The Kier molecular flexibility index (Phi) is 4.77. The molecule has 21 heavy (non-hydrogen) atoms. The van der Waals surface area contributed by atoms with Gasteiger partial charge in [-0.15, -0.1) is 0 Å². The molecule has 0 saturated heterocycles. The maximum absolute atomic E-state index is 11.4. The lowest BCUT2D eigenvalue weighted by atomic mass is 10.1. The normalized spacial score (nSPS) is 13.1. The SMILES string of the molecule is Cc1ccc(S(=O)(=O)O)c(C(C)OCc2ccccc2)c1. The fraction of sp³-hybridized carbons (Fsp3) is 0.250. The van der Waals surface area contributed by atoms with Crippen LogP contribution in [0.25, 0.3) is 0 Å². The second-order valence-electron chi connectivity index (χ2n) is 4.96. The number of rotatable bonds is 5. The highest BCUT2D eigenvalue weighted by molar-refractivity contribution is 7.85. The second-order valence-corrected chi connectivity index (χ2v) is 6.35. The van der Waals surface area contributed by atoms with Crippen molar-refractivity contribution in [1.82, 2.24) is 0 Å². The standard InChI is InChI=1S/C16H18O4S/c1-12-8-9-16(21(17,18)19)15(10-12)13(2)20-11-14-6-4-3-5-7-14/h3-10,13H,11H2,1-2H3,(H,17,18,19). The summed E-state index contributed by atoms with van der Waals surface area (Å²) in [6, 6.07) is 14.4. The summed E-state index contributed by atoms with van der Waals surface area (Å²) in [5.41, 5.74) is 2.38. The molecular formula is C16H18O4S. The minimum Gasteiger partial charge on any atom is -0.369 e. The molecule has 0 radical (unpaired) electrons. The molecule has 0 heterocycles. The number of hydrogen-bond donors (Lipinski definition) is 1. The van der Waals surface area contributed by atoms with Crippen LogP contribution in [-0.4, -0.2) is 13.0 Å². The largest absolute Gasteiger partial charge is 0.369 e. The van der Waals surface area contributed by atoms with Crippen LogP contribution in [0.5, 0.6) is 0 Å². The topological polar surface area (TPSA) is 63.6 Å². The molecule has 0 aromatic heterocycles. The molecule has 0 saturated carbocycles. The Labute approximate surface area is 125 Å². The van der Waals surface area contributed by atoms with E-state index in [-0.39, 0.29) is 4.90 Å². The van der Waals surface area contributed by atoms with Gasteiger partial charge in [0.05, 0.1) is 17.6 Å². The molecule has 0 fully saturated rings. The van der Waals surface area contributed by atoms with E-state index in [9.17, 15) is 13.0 Å². The van der Waals surface area contributed by atoms with Crippen LogP contribution in [0.4, 0.5) is 0 Å². The smallest absolute Gasteiger partial charge is 0.294 e. The van der Waals surface area contributed by atoms with Crippen molar-refractivity contribution in [3.63, 3.8) is 0 Å². The van der Waals surface area contributed by atoms with Crippen molar-refractivity contribution < 1.29 is 17.7 Å². The Morgan fingerprint density at radius 1 is 1.14 bits per heavy atom. The van der Waals surface area contributed by atoms with Crippen molar-refractivity contribution in [2.75, 3.05) is 0 Å². The quantitative estimate of drug-likeness (QED) is 0.858. The number of aryl methyl sites for hydroxylation is 1. The van der Waals surface area contributed by atoms with E-state index in [4.69, 9.17) is 4.74 Å². The summed E-state index contributed by atoms with van der Waals surface area (Å²) < 4.78 is 37.9. The van der Waals surface area contributed by atoms with E-state index in [1.54, 1.807) is 19.1 Å². The summed E-state index contributed by atoms with van der Waals surface area (Å²) >= 11 is 0. The molecular weight excluding hydrogens is 288 g/mol. The third kappa shape index (κ3) is 4.14. The highest BCUT2D eigenvalue weighted by atomic mass is 32.2. The third-order valence-corrected chi connectivity index (χ3v) is 4.15. The number of hydrogen-bond acceptors (Lipinski definition) is 3. The van der Waals surface area contributed by atoms with Crippen LogP contribution in [0.1, 0.15) is 29.7 Å². The average molecular weight is 306 g/mol. The Morgan fingerprint density at radius 2 is 1.81 bits per heavy atom. The molecule has 2 rings (SSSR count). The maximum atomic E-state index is 11.4. The van der Waals surface area contributed by atoms with Gasteiger partial charge < -0.3 is 4.74 Å². The zero-order valence-corrected chi connectivity index (χ0v) is 12.8. The predicted molar refractivity (Wildman–Crippen MR) is 80.6 cm³/mol. The summed E-state index contributed by atoms with van der Waals surface area (Å²) in [6.45, 7) is 4.01. The van der Waals surface area contributed by atoms with E-state index < -0.39 is 16.2 Å². The van der Waals surface area contributed by atoms with Gasteiger partial charge in [0, 0.05) is 5.56 Å². The van der Waals surface area contributed by atoms with Gasteiger partial charge in [0.2, 0.25) is 0 Å². The molecule has 1 atom stereocenters. The van der Waals surface area contributed by atoms with Crippen LogP contribution in [0.3, 0.4) is 0 Å². The predicted octanol–water partition coefficient (Wildman–Crippen LogP) is 3.52. The zero-order chi connectivity index (χ0) is 15.5. The molecule has 4 nitrogen and oxygen atoms in total. The van der Waals surface area contributed by atoms with E-state index in [0.29, 0.717) is 12.2 Å². The van der Waals surface area contributed by atoms with Crippen LogP contribution in [0.2, 0.25) is 0 Å². The van der Waals surface area contributed by atoms with E-state index in [1.807, 2.05) is 37.3 Å². The number of ether oxygens (including phenoxy) is 1. The second kappa shape index (κ2) is 6.39. The Balaban J connectivity index is 2.22. The summed E-state index contributed by atoms with van der Waals surface area (Å²) in [4.78, 5) is -0.103. The molecule has 0 aliphatic carbocycles. The van der Waals surface area contributed by atoms with Gasteiger partial charge >= 0.3 is 0 Å². The Morgan fingerprint density at radius 3 is 2.43 bits per heavy atom. The monoisotopic (exact) mass is 306 g/mol. The highest BCUT2D eigenvalue weighted by Gasteiger charge is 2.20. The van der Waals surface area contributed by atoms with Crippen molar-refractivity contribution in [2.45, 2.75) is 31.5 Å². The summed E-state index contributed by atoms with van der Waals surface area (Å²) in [5, 5.41) is 0. The first-order chi connectivity index (χ1) is 9.88. The third-order valence-electron chi connectivity index (χ3n) is 3.22. The lowest BCUT2D eigenvalue weighted by Crippen LogP contribution is -2.08. The van der Waals surface area contributed by atoms with Gasteiger partial charge in [-0.05, 0) is 25.5 Å². The van der Waals surface area contributed by atoms with Crippen LogP contribution >= 0.6 is 0 Å². The first-order valence-corrected chi connectivity index (χ1v) is 8.05. The van der Waals surface area contributed by atoms with Gasteiger partial charge in [0.15, 0.2) is 0 Å². The van der Waals surface area contributed by atoms with Crippen molar-refractivity contribution in [3.05, 3.63) is 65.2 Å². The van der Waals surface area contributed by atoms with Gasteiger partial charge in [-0.1, -0.05) is 48.0 Å². The van der Waals surface area contributed by atoms with Crippen molar-refractivity contribution in [1.29, 1.82) is 0 Å². The summed E-state index contributed by atoms with van der Waals surface area (Å²) in [5.74, 6) is 0. The molecule has 0 bridgehead atoms. The molecule has 0 spiro atoms. The van der Waals surface area contributed by atoms with Gasteiger partial charge in [-0.3, -0.25) is 4.55 Å². The molecule has 0 aliphatic rings. The van der Waals surface area contributed by atoms with Crippen LogP contribution in [-0.2, 0) is 21.5 Å². The average Bonchev–Trinajstić information content (AvgIpc) is 2.44. The summed E-state index contributed by atoms with van der Waals surface area (Å²) in [7, 11) is -4.26. The van der Waals surface area contributed by atoms with E-state index >= 15 is 0 Å². The lowest BCUT2D eigenvalue weighted by Gasteiger charge is -2.17. The van der Waals surface area contributed by atoms with Gasteiger partial charge in [0.1, 0.15) is 0 Å². The minimum atomic E-state index is -4.26. The van der Waals surface area contributed by atoms with E-state index in [2.05, 4.69) is 0 Å². The lowest BCUT2D eigenvalue weighted by molar-refractivity contribution is 0.0506. The Hall–Kier alpha value is -1.69. The van der Waals surface area contributed by atoms with E-state index in [1.165, 1.54) is 6.07 Å². The van der Waals surface area contributed by atoms with Gasteiger partial charge in [-0.2, -0.15) is 8.42 Å². The number of benzene rings is 2. The molecule has 112 valence electrons. The van der Waals surface area contributed by atoms with Gasteiger partial charge in [0.25, 0.3) is 10.1 Å². The van der Waals surface area contributed by atoms with Crippen molar-refractivity contribution >= 4 is 10.1 Å². The minimum absolute atomic E-state index is 0.103. The van der Waals surface area contributed by atoms with E-state index in [0.717, 1.165) is 11.1 Å². The molecule has 5 heteroatoms. The fourth-order valence-corrected chi connectivity index (χ4v) is 2.87. The first kappa shape index (κ1) is 15.7. The van der Waals surface area contributed by atoms with Crippen molar-refractivity contribution in [3.8, 4) is 0 Å². The fourth-order valence-electron chi connectivity index (χ4n) is 2.11. The summed E-state index contributed by atoms with van der Waals surface area (Å²) in [6.07, 6.45) is -0.443. The molecule has 1 N–H and O–H groups in total. The Bertz CT molecular complexity index is 708.